The fraction of sp³-hybridized carbons (Fsp3) is 1.00. The Morgan fingerprint density at radius 2 is 0.329 bits per heavy atom. The Kier molecular flexibility index (Phi) is 107. The molecule has 0 aliphatic heterocycles. The first kappa shape index (κ1) is 94.6. The summed E-state index contributed by atoms with van der Waals surface area (Å²) in [5.41, 5.74) is 0. The molecular weight excluding hydrogens is 1090 g/mol. The van der Waals surface area contributed by atoms with Crippen molar-refractivity contribution in [3.63, 3.8) is 0 Å². The third-order valence-electron chi connectivity index (χ3n) is 18.5. The van der Waals surface area contributed by atoms with Crippen LogP contribution < -0.4 is 12.4 Å². The Bertz CT molecular complexity index is 876. The number of halogens is 1. The smallest absolute Gasteiger partial charge is 1.00 e. The Morgan fingerprint density at radius 3 is 0.447 bits per heavy atom. The number of unbranched alkanes of at least 4 members (excludes halogenated alkanes) is 61. The molecule has 1 atom stereocenters. The van der Waals surface area contributed by atoms with Gasteiger partial charge in [-0.2, -0.15) is 0 Å². The van der Waals surface area contributed by atoms with Crippen molar-refractivity contribution in [1.82, 2.24) is 0 Å². The predicted octanol–water partition coefficient (Wildman–Crippen LogP) is 27.0. The van der Waals surface area contributed by atoms with Crippen molar-refractivity contribution in [1.29, 1.82) is 0 Å². The van der Waals surface area contributed by atoms with E-state index in [-0.39, 0.29) is 34.1 Å². The average Bonchev–Trinajstić information content (AvgIpc) is 3.50. The Morgan fingerprint density at radius 1 is 0.200 bits per heavy atom. The SMILES string of the molecule is CCCCC(CC)CO.CCCCCCCCCCCCCCCCCC[N-]CCCCCCCCCCCCCCCCCC.CCCCCCCCCCCCCCCCCC[N-]CCCCCCCCCCCCCCCCCC.[Cl-].[Ti+3]. The van der Waals surface area contributed by atoms with Crippen molar-refractivity contribution in [2.75, 3.05) is 32.8 Å². The van der Waals surface area contributed by atoms with Gasteiger partial charge in [0.05, 0.1) is 0 Å². The van der Waals surface area contributed by atoms with E-state index < -0.39 is 0 Å². The predicted molar refractivity (Wildman–Crippen MR) is 385 cm³/mol. The maximum absolute atomic E-state index is 8.75. The summed E-state index contributed by atoms with van der Waals surface area (Å²) in [5, 5.41) is 18.3. The van der Waals surface area contributed by atoms with E-state index in [4.69, 9.17) is 15.7 Å². The van der Waals surface area contributed by atoms with Crippen LogP contribution in [0.1, 0.15) is 478 Å². The molecule has 0 fully saturated rings. The van der Waals surface area contributed by atoms with Crippen LogP contribution in [0.15, 0.2) is 0 Å². The van der Waals surface area contributed by atoms with E-state index in [0.717, 1.165) is 32.6 Å². The van der Waals surface area contributed by atoms with Gasteiger partial charge in [0.1, 0.15) is 0 Å². The van der Waals surface area contributed by atoms with E-state index in [1.54, 1.807) is 0 Å². The molecule has 0 aliphatic carbocycles. The van der Waals surface area contributed by atoms with Gasteiger partial charge in [0.2, 0.25) is 0 Å². The molecular formula is C80H166ClN2OTi. The average molecular weight is 1260 g/mol. The van der Waals surface area contributed by atoms with Crippen molar-refractivity contribution in [3.05, 3.63) is 10.6 Å². The first-order chi connectivity index (χ1) is 41.2. The number of hydrogen-bond acceptors (Lipinski definition) is 1. The molecule has 1 N–H and O–H groups in total. The summed E-state index contributed by atoms with van der Waals surface area (Å²) in [6, 6.07) is 0. The van der Waals surface area contributed by atoms with Crippen LogP contribution in [0.25, 0.3) is 10.6 Å². The Balaban J connectivity index is -0.000000428. The van der Waals surface area contributed by atoms with Crippen LogP contribution in [-0.4, -0.2) is 37.9 Å². The summed E-state index contributed by atoms with van der Waals surface area (Å²) >= 11 is 0. The molecule has 0 saturated carbocycles. The normalized spacial score (nSPS) is 11.5. The maximum Gasteiger partial charge on any atom is 3.00 e. The van der Waals surface area contributed by atoms with Crippen LogP contribution in [0.2, 0.25) is 0 Å². The monoisotopic (exact) mass is 1250 g/mol. The molecule has 0 heterocycles. The summed E-state index contributed by atoms with van der Waals surface area (Å²) in [6.45, 7) is 18.4. The molecule has 3 nitrogen and oxygen atoms in total. The molecule has 0 saturated heterocycles. The van der Waals surface area contributed by atoms with Gasteiger partial charge in [0, 0.05) is 6.61 Å². The van der Waals surface area contributed by atoms with E-state index >= 15 is 0 Å². The molecule has 0 aliphatic rings. The summed E-state index contributed by atoms with van der Waals surface area (Å²) in [7, 11) is 0. The third kappa shape index (κ3) is 98.6. The first-order valence-electron chi connectivity index (χ1n) is 40.0. The zero-order chi connectivity index (χ0) is 60.6. The molecule has 0 amide bonds. The zero-order valence-electron chi connectivity index (χ0n) is 60.4. The number of hydrogen-bond donors (Lipinski definition) is 1. The second-order valence-electron chi connectivity index (χ2n) is 27.2. The van der Waals surface area contributed by atoms with Gasteiger partial charge in [-0.15, -0.1) is 26.2 Å². The minimum Gasteiger partial charge on any atom is -1.00 e. The quantitative estimate of drug-likeness (QED) is 0.0479. The van der Waals surface area contributed by atoms with Crippen LogP contribution in [-0.2, 0) is 21.7 Å². The second kappa shape index (κ2) is 96.0. The number of nitrogens with zero attached hydrogens (tertiary/aromatic N) is 2. The van der Waals surface area contributed by atoms with Crippen LogP contribution in [0.4, 0.5) is 0 Å². The molecule has 0 aromatic rings. The van der Waals surface area contributed by atoms with Crippen molar-refractivity contribution >= 4 is 0 Å². The summed E-state index contributed by atoms with van der Waals surface area (Å²) in [5.74, 6) is 0.560. The van der Waals surface area contributed by atoms with Crippen molar-refractivity contribution in [2.24, 2.45) is 5.92 Å². The van der Waals surface area contributed by atoms with E-state index in [1.165, 1.54) is 430 Å². The molecule has 0 aromatic heterocycles. The fourth-order valence-electron chi connectivity index (χ4n) is 12.2. The zero-order valence-corrected chi connectivity index (χ0v) is 62.7. The van der Waals surface area contributed by atoms with Gasteiger partial charge in [-0.3, -0.25) is 0 Å². The molecule has 1 radical (unpaired) electrons. The van der Waals surface area contributed by atoms with Gasteiger partial charge in [0.25, 0.3) is 0 Å². The van der Waals surface area contributed by atoms with E-state index in [1.807, 2.05) is 0 Å². The first-order valence-corrected chi connectivity index (χ1v) is 40.0. The van der Waals surface area contributed by atoms with Gasteiger partial charge in [-0.05, 0) is 12.3 Å². The van der Waals surface area contributed by atoms with E-state index in [2.05, 4.69) is 41.5 Å². The van der Waals surface area contributed by atoms with E-state index in [0.29, 0.717) is 12.5 Å². The molecule has 0 rings (SSSR count). The molecule has 0 bridgehead atoms. The number of aliphatic hydroxyl groups excluding tert-OH is 1. The molecule has 0 aromatic carbocycles. The minimum absolute atomic E-state index is 0. The number of aliphatic hydroxyl groups is 1. The topological polar surface area (TPSA) is 48.4 Å². The van der Waals surface area contributed by atoms with Gasteiger partial charge in [-0.1, -0.05) is 472 Å². The summed E-state index contributed by atoms with van der Waals surface area (Å²) in [4.78, 5) is 0. The van der Waals surface area contributed by atoms with Crippen LogP contribution in [0.3, 0.4) is 0 Å². The van der Waals surface area contributed by atoms with Gasteiger partial charge in [0.15, 0.2) is 0 Å². The standard InChI is InChI=1S/2C36H74N.C8H18O.ClH.Ti/c2*1-3-5-7-9-11-13-15-17-19-21-23-25-27-29-31-33-35-37-36-34-32-30-28-26-24-22-20-18-16-14-12-10-8-6-4-2;1-3-5-6-8(4-2)7-9;;/h2*3-36H2,1-2H3;8-9H,3-7H2,1-2H3;1H;/q2*-1;;;+3/p-1. The molecule has 5 heteroatoms. The Hall–Kier alpha value is 0.884. The number of rotatable bonds is 73. The molecule has 513 valence electrons. The van der Waals surface area contributed by atoms with Crippen LogP contribution in [0.5, 0.6) is 0 Å². The largest absolute Gasteiger partial charge is 3.00 e. The summed E-state index contributed by atoms with van der Waals surface area (Å²) in [6.07, 6.45) is 97.6. The fourth-order valence-corrected chi connectivity index (χ4v) is 12.2. The minimum atomic E-state index is 0. The van der Waals surface area contributed by atoms with Crippen LogP contribution in [0, 0.1) is 5.92 Å². The van der Waals surface area contributed by atoms with Crippen molar-refractivity contribution < 1.29 is 39.2 Å². The van der Waals surface area contributed by atoms with Crippen molar-refractivity contribution in [3.8, 4) is 0 Å². The molecule has 0 spiro atoms. The summed E-state index contributed by atoms with van der Waals surface area (Å²) < 4.78 is 0. The maximum atomic E-state index is 8.75. The Labute approximate surface area is 563 Å². The van der Waals surface area contributed by atoms with Crippen molar-refractivity contribution in [2.45, 2.75) is 478 Å². The van der Waals surface area contributed by atoms with Gasteiger partial charge < -0.3 is 28.1 Å². The molecule has 1 unspecified atom stereocenters. The van der Waals surface area contributed by atoms with Gasteiger partial charge in [-0.25, -0.2) is 0 Å². The third-order valence-corrected chi connectivity index (χ3v) is 18.5. The molecule has 85 heavy (non-hydrogen) atoms. The van der Waals surface area contributed by atoms with E-state index in [9.17, 15) is 0 Å². The second-order valence-corrected chi connectivity index (χ2v) is 27.2. The van der Waals surface area contributed by atoms with Crippen LogP contribution >= 0.6 is 0 Å². The van der Waals surface area contributed by atoms with Gasteiger partial charge >= 0.3 is 21.7 Å².